The van der Waals surface area contributed by atoms with Crippen molar-refractivity contribution in [3.63, 3.8) is 0 Å². The van der Waals surface area contributed by atoms with Gasteiger partial charge in [-0.3, -0.25) is 0 Å². The number of rotatable bonds is 12. The van der Waals surface area contributed by atoms with Crippen LogP contribution in [-0.2, 0) is 12.8 Å². The second kappa shape index (κ2) is 11.1. The molecular formula is C16H30N2O. The van der Waals surface area contributed by atoms with Gasteiger partial charge in [0.15, 0.2) is 0 Å². The maximum atomic E-state index is 5.85. The van der Waals surface area contributed by atoms with E-state index in [-0.39, 0.29) is 0 Å². The zero-order chi connectivity index (χ0) is 13.8. The number of unbranched alkanes of at least 4 members (excludes halogenated alkanes) is 6. The van der Waals surface area contributed by atoms with Crippen LogP contribution in [0.5, 0.6) is 0 Å². The molecule has 3 heteroatoms. The monoisotopic (exact) mass is 266 g/mol. The van der Waals surface area contributed by atoms with E-state index >= 15 is 0 Å². The second-order valence-corrected chi connectivity index (χ2v) is 5.27. The van der Waals surface area contributed by atoms with Crippen molar-refractivity contribution in [1.82, 2.24) is 0 Å². The minimum Gasteiger partial charge on any atom is -0.466 e. The molecule has 1 aromatic rings. The normalized spacial score (nSPS) is 11.1. The number of hydrogen-bond acceptors (Lipinski definition) is 3. The summed E-state index contributed by atoms with van der Waals surface area (Å²) >= 11 is 0. The Kier molecular flexibility index (Phi) is 9.46. The molecule has 0 unspecified atom stereocenters. The molecular weight excluding hydrogens is 236 g/mol. The maximum absolute atomic E-state index is 5.85. The standard InChI is InChI=1S/C16H30N2O/c17-13-7-3-1-5-9-15-11-12-16(19-15)10-6-2-4-8-14-18/h11-12H,1-10,13-14,17-18H2. The molecule has 0 aliphatic carbocycles. The summed E-state index contributed by atoms with van der Waals surface area (Å²) in [6.45, 7) is 1.63. The number of aryl methyl sites for hydroxylation is 2. The average Bonchev–Trinajstić information content (AvgIpc) is 2.86. The van der Waals surface area contributed by atoms with Crippen LogP contribution in [0.1, 0.15) is 62.9 Å². The Labute approximate surface area is 117 Å². The molecule has 0 spiro atoms. The molecule has 1 rings (SSSR count). The lowest BCUT2D eigenvalue weighted by Gasteiger charge is -2.00. The first-order chi connectivity index (χ1) is 9.36. The zero-order valence-corrected chi connectivity index (χ0v) is 12.2. The minimum absolute atomic E-state index is 0.815. The second-order valence-electron chi connectivity index (χ2n) is 5.27. The summed E-state index contributed by atoms with van der Waals surface area (Å²) in [6.07, 6.45) is 11.8. The number of hydrogen-bond donors (Lipinski definition) is 2. The van der Waals surface area contributed by atoms with Crippen LogP contribution in [0.3, 0.4) is 0 Å². The quantitative estimate of drug-likeness (QED) is 0.570. The lowest BCUT2D eigenvalue weighted by atomic mass is 10.1. The molecule has 110 valence electrons. The zero-order valence-electron chi connectivity index (χ0n) is 12.2. The van der Waals surface area contributed by atoms with Gasteiger partial charge in [-0.15, -0.1) is 0 Å². The Bertz CT molecular complexity index is 281. The first kappa shape index (κ1) is 16.3. The van der Waals surface area contributed by atoms with Gasteiger partial charge in [-0.25, -0.2) is 0 Å². The molecule has 0 saturated carbocycles. The first-order valence-electron chi connectivity index (χ1n) is 7.84. The van der Waals surface area contributed by atoms with Gasteiger partial charge >= 0.3 is 0 Å². The van der Waals surface area contributed by atoms with Crippen LogP contribution in [0, 0.1) is 0 Å². The van der Waals surface area contributed by atoms with Gasteiger partial charge in [0.05, 0.1) is 0 Å². The summed E-state index contributed by atoms with van der Waals surface area (Å²) in [4.78, 5) is 0. The molecule has 0 bridgehead atoms. The van der Waals surface area contributed by atoms with Crippen LogP contribution in [0.15, 0.2) is 16.5 Å². The predicted octanol–water partition coefficient (Wildman–Crippen LogP) is 3.40. The van der Waals surface area contributed by atoms with E-state index < -0.39 is 0 Å². The Balaban J connectivity index is 2.07. The van der Waals surface area contributed by atoms with Crippen LogP contribution >= 0.6 is 0 Å². The molecule has 0 saturated heterocycles. The summed E-state index contributed by atoms with van der Waals surface area (Å²) in [7, 11) is 0. The predicted molar refractivity (Wildman–Crippen MR) is 81.2 cm³/mol. The van der Waals surface area contributed by atoms with Crippen molar-refractivity contribution in [2.75, 3.05) is 13.1 Å². The van der Waals surface area contributed by atoms with Gasteiger partial charge in [0, 0.05) is 12.8 Å². The highest BCUT2D eigenvalue weighted by atomic mass is 16.3. The third-order valence-electron chi connectivity index (χ3n) is 3.47. The van der Waals surface area contributed by atoms with E-state index in [1.807, 2.05) is 0 Å². The maximum Gasteiger partial charge on any atom is 0.104 e. The molecule has 19 heavy (non-hydrogen) atoms. The smallest absolute Gasteiger partial charge is 0.104 e. The van der Waals surface area contributed by atoms with Crippen molar-refractivity contribution in [2.45, 2.75) is 64.2 Å². The minimum atomic E-state index is 0.815. The lowest BCUT2D eigenvalue weighted by Crippen LogP contribution is -1.97. The van der Waals surface area contributed by atoms with Crippen molar-refractivity contribution in [2.24, 2.45) is 11.5 Å². The van der Waals surface area contributed by atoms with Gasteiger partial charge in [0.2, 0.25) is 0 Å². The van der Waals surface area contributed by atoms with E-state index in [1.165, 1.54) is 38.5 Å². The summed E-state index contributed by atoms with van der Waals surface area (Å²) in [6, 6.07) is 4.27. The largest absolute Gasteiger partial charge is 0.466 e. The Morgan fingerprint density at radius 1 is 0.632 bits per heavy atom. The van der Waals surface area contributed by atoms with Crippen molar-refractivity contribution < 1.29 is 4.42 Å². The summed E-state index contributed by atoms with van der Waals surface area (Å²) < 4.78 is 5.85. The van der Waals surface area contributed by atoms with Gasteiger partial charge in [-0.1, -0.05) is 25.7 Å². The van der Waals surface area contributed by atoms with E-state index in [2.05, 4.69) is 12.1 Å². The van der Waals surface area contributed by atoms with Gasteiger partial charge in [-0.05, 0) is 50.9 Å². The fourth-order valence-corrected chi connectivity index (χ4v) is 2.29. The fourth-order valence-electron chi connectivity index (χ4n) is 2.29. The highest BCUT2D eigenvalue weighted by Crippen LogP contribution is 2.14. The molecule has 1 heterocycles. The van der Waals surface area contributed by atoms with Crippen LogP contribution in [0.25, 0.3) is 0 Å². The highest BCUT2D eigenvalue weighted by molar-refractivity contribution is 5.07. The lowest BCUT2D eigenvalue weighted by molar-refractivity contribution is 0.447. The molecule has 4 N–H and O–H groups in total. The van der Waals surface area contributed by atoms with E-state index in [9.17, 15) is 0 Å². The SMILES string of the molecule is NCCCCCCc1ccc(CCCCCCN)o1. The van der Waals surface area contributed by atoms with Gasteiger partial charge in [0.1, 0.15) is 11.5 Å². The fraction of sp³-hybridized carbons (Fsp3) is 0.750. The van der Waals surface area contributed by atoms with E-state index in [4.69, 9.17) is 15.9 Å². The molecule has 0 atom stereocenters. The molecule has 0 aliphatic rings. The van der Waals surface area contributed by atoms with Crippen LogP contribution in [0.4, 0.5) is 0 Å². The molecule has 0 aromatic carbocycles. The van der Waals surface area contributed by atoms with Crippen molar-refractivity contribution >= 4 is 0 Å². The van der Waals surface area contributed by atoms with E-state index in [1.54, 1.807) is 0 Å². The van der Waals surface area contributed by atoms with E-state index in [0.717, 1.165) is 50.3 Å². The van der Waals surface area contributed by atoms with Crippen molar-refractivity contribution in [1.29, 1.82) is 0 Å². The molecule has 0 fully saturated rings. The average molecular weight is 266 g/mol. The molecule has 0 amide bonds. The van der Waals surface area contributed by atoms with Crippen molar-refractivity contribution in [3.05, 3.63) is 23.7 Å². The number of furan rings is 1. The summed E-state index contributed by atoms with van der Waals surface area (Å²) in [5.74, 6) is 2.29. The summed E-state index contributed by atoms with van der Waals surface area (Å²) in [5, 5.41) is 0. The van der Waals surface area contributed by atoms with Gasteiger partial charge < -0.3 is 15.9 Å². The van der Waals surface area contributed by atoms with E-state index in [0.29, 0.717) is 0 Å². The third kappa shape index (κ3) is 8.06. The van der Waals surface area contributed by atoms with Crippen molar-refractivity contribution in [3.8, 4) is 0 Å². The van der Waals surface area contributed by atoms with Crippen LogP contribution in [-0.4, -0.2) is 13.1 Å². The third-order valence-corrected chi connectivity index (χ3v) is 3.47. The molecule has 1 aromatic heterocycles. The van der Waals surface area contributed by atoms with Crippen LogP contribution in [0.2, 0.25) is 0 Å². The molecule has 3 nitrogen and oxygen atoms in total. The number of nitrogens with two attached hydrogens (primary N) is 2. The Morgan fingerprint density at radius 2 is 1.05 bits per heavy atom. The Morgan fingerprint density at radius 3 is 1.47 bits per heavy atom. The molecule has 0 radical (unpaired) electrons. The van der Waals surface area contributed by atoms with Gasteiger partial charge in [0.25, 0.3) is 0 Å². The Hall–Kier alpha value is -0.800. The first-order valence-corrected chi connectivity index (χ1v) is 7.84. The van der Waals surface area contributed by atoms with Crippen LogP contribution < -0.4 is 11.5 Å². The molecule has 0 aliphatic heterocycles. The topological polar surface area (TPSA) is 65.2 Å². The highest BCUT2D eigenvalue weighted by Gasteiger charge is 2.02. The van der Waals surface area contributed by atoms with Gasteiger partial charge in [-0.2, -0.15) is 0 Å². The summed E-state index contributed by atoms with van der Waals surface area (Å²) in [5.41, 5.74) is 11.0.